The molecule has 1 aliphatic carbocycles. The first kappa shape index (κ1) is 13.5. The zero-order valence-electron chi connectivity index (χ0n) is 10.5. The molecular weight excluding hydrogens is 296 g/mol. The van der Waals surface area contributed by atoms with Crippen LogP contribution in [-0.4, -0.2) is 12.6 Å². The van der Waals surface area contributed by atoms with E-state index in [1.807, 2.05) is 11.3 Å². The monoisotopic (exact) mass is 316 g/mol. The van der Waals surface area contributed by atoms with Crippen LogP contribution in [0.1, 0.15) is 42.0 Å². The van der Waals surface area contributed by atoms with E-state index in [-0.39, 0.29) is 0 Å². The van der Waals surface area contributed by atoms with Crippen LogP contribution in [0, 0.1) is 12.8 Å². The number of halogens is 1. The van der Waals surface area contributed by atoms with Crippen molar-refractivity contribution in [1.29, 1.82) is 0 Å². The van der Waals surface area contributed by atoms with Gasteiger partial charge in [-0.2, -0.15) is 0 Å². The second-order valence-corrected chi connectivity index (χ2v) is 7.27. The SMILES string of the molecule is Cc1sc(C(CN)NC2CCC(C)C2)cc1Br. The molecule has 1 aromatic heterocycles. The maximum atomic E-state index is 5.91. The van der Waals surface area contributed by atoms with Crippen LogP contribution in [0.25, 0.3) is 0 Å². The fourth-order valence-electron chi connectivity index (χ4n) is 2.56. The van der Waals surface area contributed by atoms with Gasteiger partial charge in [-0.1, -0.05) is 6.92 Å². The second kappa shape index (κ2) is 5.83. The van der Waals surface area contributed by atoms with Crippen LogP contribution in [0.5, 0.6) is 0 Å². The van der Waals surface area contributed by atoms with Crippen molar-refractivity contribution < 1.29 is 0 Å². The summed E-state index contributed by atoms with van der Waals surface area (Å²) in [5, 5.41) is 3.72. The van der Waals surface area contributed by atoms with Crippen LogP contribution in [-0.2, 0) is 0 Å². The maximum absolute atomic E-state index is 5.91. The van der Waals surface area contributed by atoms with Crippen molar-refractivity contribution >= 4 is 27.3 Å². The zero-order valence-corrected chi connectivity index (χ0v) is 12.9. The molecule has 3 atom stereocenters. The Hall–Kier alpha value is 0.100. The molecule has 1 heterocycles. The van der Waals surface area contributed by atoms with Gasteiger partial charge in [0.25, 0.3) is 0 Å². The fraction of sp³-hybridized carbons (Fsp3) is 0.692. The minimum Gasteiger partial charge on any atom is -0.329 e. The lowest BCUT2D eigenvalue weighted by Crippen LogP contribution is -2.34. The van der Waals surface area contributed by atoms with E-state index in [1.54, 1.807) is 0 Å². The lowest BCUT2D eigenvalue weighted by atomic mass is 10.1. The first-order valence-electron chi connectivity index (χ1n) is 6.32. The predicted octanol–water partition coefficient (Wildman–Crippen LogP) is 3.60. The van der Waals surface area contributed by atoms with E-state index < -0.39 is 0 Å². The van der Waals surface area contributed by atoms with Crippen molar-refractivity contribution in [2.45, 2.75) is 45.2 Å². The third-order valence-electron chi connectivity index (χ3n) is 3.59. The summed E-state index contributed by atoms with van der Waals surface area (Å²) in [6, 6.07) is 3.18. The largest absolute Gasteiger partial charge is 0.329 e. The van der Waals surface area contributed by atoms with E-state index >= 15 is 0 Å². The number of rotatable bonds is 4. The molecule has 1 fully saturated rings. The Balaban J connectivity index is 2.01. The molecule has 1 saturated carbocycles. The number of nitrogens with one attached hydrogen (secondary N) is 1. The summed E-state index contributed by atoms with van der Waals surface area (Å²) in [5.74, 6) is 0.864. The van der Waals surface area contributed by atoms with Gasteiger partial charge < -0.3 is 11.1 Å². The number of nitrogens with two attached hydrogens (primary N) is 1. The molecule has 0 aliphatic heterocycles. The molecule has 4 heteroatoms. The highest BCUT2D eigenvalue weighted by molar-refractivity contribution is 9.10. The molecule has 17 heavy (non-hydrogen) atoms. The first-order chi connectivity index (χ1) is 8.10. The van der Waals surface area contributed by atoms with Crippen LogP contribution in [0.4, 0.5) is 0 Å². The molecular formula is C13H21BrN2S. The molecule has 0 amide bonds. The van der Waals surface area contributed by atoms with Gasteiger partial charge in [0.15, 0.2) is 0 Å². The quantitative estimate of drug-likeness (QED) is 0.890. The Morgan fingerprint density at radius 2 is 2.35 bits per heavy atom. The average Bonchev–Trinajstić information content (AvgIpc) is 2.83. The lowest BCUT2D eigenvalue weighted by Gasteiger charge is -2.20. The number of hydrogen-bond donors (Lipinski definition) is 2. The van der Waals surface area contributed by atoms with Crippen molar-refractivity contribution in [3.8, 4) is 0 Å². The van der Waals surface area contributed by atoms with Gasteiger partial charge in [-0.05, 0) is 54.1 Å². The molecule has 2 nitrogen and oxygen atoms in total. The smallest absolute Gasteiger partial charge is 0.0541 e. The first-order valence-corrected chi connectivity index (χ1v) is 7.93. The summed E-state index contributed by atoms with van der Waals surface area (Å²) >= 11 is 5.42. The van der Waals surface area contributed by atoms with Gasteiger partial charge in [-0.25, -0.2) is 0 Å². The van der Waals surface area contributed by atoms with Crippen molar-refractivity contribution in [3.63, 3.8) is 0 Å². The topological polar surface area (TPSA) is 38.0 Å². The van der Waals surface area contributed by atoms with E-state index in [0.29, 0.717) is 18.6 Å². The second-order valence-electron chi connectivity index (χ2n) is 5.12. The van der Waals surface area contributed by atoms with E-state index in [1.165, 1.54) is 33.5 Å². The third-order valence-corrected chi connectivity index (χ3v) is 5.84. The Labute approximate surface area is 116 Å². The molecule has 3 unspecified atom stereocenters. The van der Waals surface area contributed by atoms with Gasteiger partial charge in [0.05, 0.1) is 6.04 Å². The van der Waals surface area contributed by atoms with E-state index in [2.05, 4.69) is 41.2 Å². The molecule has 0 saturated heterocycles. The molecule has 96 valence electrons. The molecule has 0 aromatic carbocycles. The van der Waals surface area contributed by atoms with Crippen molar-refractivity contribution in [1.82, 2.24) is 5.32 Å². The van der Waals surface area contributed by atoms with Crippen molar-refractivity contribution in [2.75, 3.05) is 6.54 Å². The number of thiophene rings is 1. The van der Waals surface area contributed by atoms with Gasteiger partial charge in [-0.3, -0.25) is 0 Å². The summed E-state index contributed by atoms with van der Waals surface area (Å²) in [6.07, 6.45) is 3.94. The maximum Gasteiger partial charge on any atom is 0.0541 e. The highest BCUT2D eigenvalue weighted by Gasteiger charge is 2.24. The van der Waals surface area contributed by atoms with Crippen molar-refractivity contribution in [2.24, 2.45) is 11.7 Å². The summed E-state index contributed by atoms with van der Waals surface area (Å²) in [5.41, 5.74) is 5.91. The average molecular weight is 317 g/mol. The zero-order chi connectivity index (χ0) is 12.4. The minimum absolute atomic E-state index is 0.320. The summed E-state index contributed by atoms with van der Waals surface area (Å²) in [7, 11) is 0. The lowest BCUT2D eigenvalue weighted by molar-refractivity contribution is 0.438. The van der Waals surface area contributed by atoms with Crippen LogP contribution >= 0.6 is 27.3 Å². The Kier molecular flexibility index (Phi) is 4.64. The molecule has 0 bridgehead atoms. The standard InChI is InChI=1S/C13H21BrN2S/c1-8-3-4-10(5-8)16-12(7-15)13-6-11(14)9(2)17-13/h6,8,10,12,16H,3-5,7,15H2,1-2H3. The number of aryl methyl sites for hydroxylation is 1. The van der Waals surface area contributed by atoms with Gasteiger partial charge >= 0.3 is 0 Å². The van der Waals surface area contributed by atoms with E-state index in [4.69, 9.17) is 5.73 Å². The molecule has 3 N–H and O–H groups in total. The van der Waals surface area contributed by atoms with Crippen LogP contribution in [0.15, 0.2) is 10.5 Å². The van der Waals surface area contributed by atoms with Crippen LogP contribution in [0.2, 0.25) is 0 Å². The molecule has 2 rings (SSSR count). The molecule has 0 radical (unpaired) electrons. The van der Waals surface area contributed by atoms with Gasteiger partial charge in [0, 0.05) is 26.8 Å². The van der Waals surface area contributed by atoms with Gasteiger partial charge in [0.2, 0.25) is 0 Å². The normalized spacial score (nSPS) is 26.4. The fourth-order valence-corrected chi connectivity index (χ4v) is 4.20. The number of hydrogen-bond acceptors (Lipinski definition) is 3. The van der Waals surface area contributed by atoms with E-state index in [9.17, 15) is 0 Å². The van der Waals surface area contributed by atoms with Gasteiger partial charge in [0.1, 0.15) is 0 Å². The van der Waals surface area contributed by atoms with E-state index in [0.717, 1.165) is 5.92 Å². The third kappa shape index (κ3) is 3.31. The summed E-state index contributed by atoms with van der Waals surface area (Å²) < 4.78 is 1.21. The predicted molar refractivity (Wildman–Crippen MR) is 78.5 cm³/mol. The van der Waals surface area contributed by atoms with Gasteiger partial charge in [-0.15, -0.1) is 11.3 Å². The summed E-state index contributed by atoms with van der Waals surface area (Å²) in [4.78, 5) is 2.69. The Morgan fingerprint density at radius 1 is 1.59 bits per heavy atom. The van der Waals surface area contributed by atoms with Crippen LogP contribution in [0.3, 0.4) is 0 Å². The Bertz CT molecular complexity index is 358. The molecule has 1 aliphatic rings. The van der Waals surface area contributed by atoms with Crippen molar-refractivity contribution in [3.05, 3.63) is 20.3 Å². The Morgan fingerprint density at radius 3 is 2.82 bits per heavy atom. The highest BCUT2D eigenvalue weighted by Crippen LogP contribution is 2.32. The summed E-state index contributed by atoms with van der Waals surface area (Å²) in [6.45, 7) is 5.16. The van der Waals surface area contributed by atoms with Crippen LogP contribution < -0.4 is 11.1 Å². The molecule has 0 spiro atoms. The highest BCUT2D eigenvalue weighted by atomic mass is 79.9. The molecule has 1 aromatic rings. The minimum atomic E-state index is 0.320.